The molecule has 0 aromatic heterocycles. The number of hydrogen-bond acceptors (Lipinski definition) is 3. The highest BCUT2D eigenvalue weighted by Gasteiger charge is 2.03. The lowest BCUT2D eigenvalue weighted by Gasteiger charge is -2.12. The summed E-state index contributed by atoms with van der Waals surface area (Å²) in [4.78, 5) is 0. The van der Waals surface area contributed by atoms with Gasteiger partial charge in [-0.2, -0.15) is 0 Å². The van der Waals surface area contributed by atoms with E-state index in [1.54, 1.807) is 0 Å². The van der Waals surface area contributed by atoms with Crippen LogP contribution >= 0.6 is 0 Å². The lowest BCUT2D eigenvalue weighted by atomic mass is 10.0. The van der Waals surface area contributed by atoms with E-state index in [0.29, 0.717) is 18.6 Å². The van der Waals surface area contributed by atoms with Gasteiger partial charge in [0.2, 0.25) is 0 Å². The van der Waals surface area contributed by atoms with Crippen LogP contribution in [0.3, 0.4) is 0 Å². The Labute approximate surface area is 130 Å². The second kappa shape index (κ2) is 9.80. The predicted octanol–water partition coefficient (Wildman–Crippen LogP) is 3.90. The molecule has 3 nitrogen and oxygen atoms in total. The van der Waals surface area contributed by atoms with Gasteiger partial charge in [-0.15, -0.1) is 0 Å². The Morgan fingerprint density at radius 2 is 1.76 bits per heavy atom. The van der Waals surface area contributed by atoms with Crippen molar-refractivity contribution in [1.29, 1.82) is 0 Å². The lowest BCUT2D eigenvalue weighted by Crippen LogP contribution is -2.23. The summed E-state index contributed by atoms with van der Waals surface area (Å²) in [5, 5.41) is 3.38. The summed E-state index contributed by atoms with van der Waals surface area (Å²) < 4.78 is 11.3. The molecule has 0 aliphatic heterocycles. The number of hydrogen-bond donors (Lipinski definition) is 1. The minimum Gasteiger partial charge on any atom is -0.492 e. The van der Waals surface area contributed by atoms with Gasteiger partial charge in [-0.25, -0.2) is 0 Å². The molecule has 0 fully saturated rings. The second-order valence-electron chi connectivity index (χ2n) is 6.11. The van der Waals surface area contributed by atoms with E-state index in [9.17, 15) is 0 Å². The number of nitrogens with one attached hydrogen (secondary N) is 1. The van der Waals surface area contributed by atoms with Crippen LogP contribution in [-0.2, 0) is 4.74 Å². The number of benzene rings is 1. The minimum atomic E-state index is 0.324. The average molecular weight is 293 g/mol. The first-order valence-corrected chi connectivity index (χ1v) is 8.05. The molecule has 0 heterocycles. The first-order chi connectivity index (χ1) is 9.99. The largest absolute Gasteiger partial charge is 0.492 e. The molecule has 0 aliphatic carbocycles. The van der Waals surface area contributed by atoms with Gasteiger partial charge in [0.15, 0.2) is 0 Å². The van der Waals surface area contributed by atoms with E-state index in [0.717, 1.165) is 31.9 Å². The fraction of sp³-hybridized carbons (Fsp3) is 0.667. The van der Waals surface area contributed by atoms with Gasteiger partial charge in [0, 0.05) is 13.2 Å². The van der Waals surface area contributed by atoms with Crippen LogP contribution in [0.5, 0.6) is 5.75 Å². The fourth-order valence-corrected chi connectivity index (χ4v) is 2.08. The maximum Gasteiger partial charge on any atom is 0.119 e. The van der Waals surface area contributed by atoms with Crippen molar-refractivity contribution in [3.05, 3.63) is 29.3 Å². The Kier molecular flexibility index (Phi) is 8.40. The molecule has 1 aromatic rings. The summed E-state index contributed by atoms with van der Waals surface area (Å²) >= 11 is 0. The first-order valence-electron chi connectivity index (χ1n) is 8.05. The van der Waals surface area contributed by atoms with Crippen molar-refractivity contribution in [3.63, 3.8) is 0 Å². The van der Waals surface area contributed by atoms with Crippen molar-refractivity contribution >= 4 is 0 Å². The van der Waals surface area contributed by atoms with Gasteiger partial charge in [-0.05, 0) is 62.9 Å². The summed E-state index contributed by atoms with van der Waals surface area (Å²) in [5.74, 6) is 1.51. The fourth-order valence-electron chi connectivity index (χ4n) is 2.08. The van der Waals surface area contributed by atoms with Crippen LogP contribution in [0.4, 0.5) is 0 Å². The molecule has 0 saturated heterocycles. The van der Waals surface area contributed by atoms with Crippen molar-refractivity contribution < 1.29 is 9.47 Å². The van der Waals surface area contributed by atoms with Crippen LogP contribution in [0.25, 0.3) is 0 Å². The van der Waals surface area contributed by atoms with Crippen LogP contribution in [0.2, 0.25) is 0 Å². The molecule has 0 aliphatic rings. The van der Waals surface area contributed by atoms with Gasteiger partial charge in [0.05, 0.1) is 6.10 Å². The number of rotatable bonds is 10. The molecule has 1 N–H and O–H groups in total. The van der Waals surface area contributed by atoms with Gasteiger partial charge in [0.25, 0.3) is 0 Å². The maximum atomic E-state index is 5.83. The maximum absolute atomic E-state index is 5.83. The summed E-state index contributed by atoms with van der Waals surface area (Å²) in [5.41, 5.74) is 2.60. The highest BCUT2D eigenvalue weighted by molar-refractivity contribution is 5.35. The molecule has 0 unspecified atom stereocenters. The van der Waals surface area contributed by atoms with Gasteiger partial charge >= 0.3 is 0 Å². The van der Waals surface area contributed by atoms with Crippen molar-refractivity contribution in [2.75, 3.05) is 26.3 Å². The number of aryl methyl sites for hydroxylation is 1. The Balaban J connectivity index is 2.18. The molecule has 0 spiro atoms. The third-order valence-corrected chi connectivity index (χ3v) is 3.24. The Morgan fingerprint density at radius 1 is 1.00 bits per heavy atom. The summed E-state index contributed by atoms with van der Waals surface area (Å²) in [6, 6.07) is 6.47. The van der Waals surface area contributed by atoms with Gasteiger partial charge in [0.1, 0.15) is 12.4 Å². The normalized spacial score (nSPS) is 11.4. The van der Waals surface area contributed by atoms with Gasteiger partial charge < -0.3 is 14.8 Å². The molecule has 1 aromatic carbocycles. The second-order valence-corrected chi connectivity index (χ2v) is 6.11. The van der Waals surface area contributed by atoms with E-state index >= 15 is 0 Å². The molecule has 120 valence electrons. The average Bonchev–Trinajstić information content (AvgIpc) is 2.40. The zero-order valence-electron chi connectivity index (χ0n) is 14.2. The Bertz CT molecular complexity index is 402. The zero-order valence-corrected chi connectivity index (χ0v) is 14.2. The SMILES string of the molecule is Cc1cc(OCCNCCCOC(C)C)cc(C(C)C)c1. The van der Waals surface area contributed by atoms with Crippen molar-refractivity contribution in [2.45, 2.75) is 53.1 Å². The number of ether oxygens (including phenoxy) is 2. The van der Waals surface area contributed by atoms with E-state index in [2.05, 4.69) is 58.1 Å². The van der Waals surface area contributed by atoms with Crippen LogP contribution in [0.15, 0.2) is 18.2 Å². The zero-order chi connectivity index (χ0) is 15.7. The molecular weight excluding hydrogens is 262 g/mol. The highest BCUT2D eigenvalue weighted by Crippen LogP contribution is 2.22. The van der Waals surface area contributed by atoms with Gasteiger partial charge in [-0.1, -0.05) is 19.9 Å². The van der Waals surface area contributed by atoms with Crippen LogP contribution in [-0.4, -0.2) is 32.4 Å². The summed E-state index contributed by atoms with van der Waals surface area (Å²) in [6.07, 6.45) is 1.37. The predicted molar refractivity (Wildman–Crippen MR) is 89.3 cm³/mol. The smallest absolute Gasteiger partial charge is 0.119 e. The minimum absolute atomic E-state index is 0.324. The molecule has 0 amide bonds. The summed E-state index contributed by atoms with van der Waals surface area (Å²) in [6.45, 7) is 14.0. The van der Waals surface area contributed by atoms with E-state index in [4.69, 9.17) is 9.47 Å². The molecule has 0 bridgehead atoms. The monoisotopic (exact) mass is 293 g/mol. The third kappa shape index (κ3) is 8.08. The van der Waals surface area contributed by atoms with E-state index in [-0.39, 0.29) is 0 Å². The van der Waals surface area contributed by atoms with Crippen molar-refractivity contribution in [2.24, 2.45) is 0 Å². The highest BCUT2D eigenvalue weighted by atomic mass is 16.5. The molecule has 3 heteroatoms. The molecule has 1 rings (SSSR count). The van der Waals surface area contributed by atoms with Crippen molar-refractivity contribution in [1.82, 2.24) is 5.32 Å². The third-order valence-electron chi connectivity index (χ3n) is 3.24. The van der Waals surface area contributed by atoms with E-state index < -0.39 is 0 Å². The molecule has 0 atom stereocenters. The molecule has 0 radical (unpaired) electrons. The van der Waals surface area contributed by atoms with E-state index in [1.165, 1.54) is 11.1 Å². The Hall–Kier alpha value is -1.06. The van der Waals surface area contributed by atoms with Crippen molar-refractivity contribution in [3.8, 4) is 5.75 Å². The Morgan fingerprint density at radius 3 is 2.43 bits per heavy atom. The first kappa shape index (κ1) is 18.0. The van der Waals surface area contributed by atoms with Crippen LogP contribution in [0.1, 0.15) is 51.2 Å². The lowest BCUT2D eigenvalue weighted by molar-refractivity contribution is 0.0770. The van der Waals surface area contributed by atoms with Gasteiger partial charge in [-0.3, -0.25) is 0 Å². The van der Waals surface area contributed by atoms with Crippen LogP contribution < -0.4 is 10.1 Å². The molecule has 0 saturated carbocycles. The topological polar surface area (TPSA) is 30.5 Å². The molecular formula is C18H31NO2. The summed E-state index contributed by atoms with van der Waals surface area (Å²) in [7, 11) is 0. The van der Waals surface area contributed by atoms with E-state index in [1.807, 2.05) is 0 Å². The van der Waals surface area contributed by atoms with Crippen LogP contribution in [0, 0.1) is 6.92 Å². The molecule has 21 heavy (non-hydrogen) atoms. The standard InChI is InChI=1S/C18H31NO2/c1-14(2)17-11-16(5)12-18(13-17)21-10-8-19-7-6-9-20-15(3)4/h11-15,19H,6-10H2,1-5H3. The quantitative estimate of drug-likeness (QED) is 0.664.